The number of nitrogens with two attached hydrogens (primary N) is 1. The topological polar surface area (TPSA) is 130 Å². The molecule has 0 fully saturated rings. The summed E-state index contributed by atoms with van der Waals surface area (Å²) in [4.78, 5) is 22.9. The van der Waals surface area contributed by atoms with E-state index in [1.165, 1.54) is 12.1 Å². The second-order valence-electron chi connectivity index (χ2n) is 5.27. The molecule has 1 aromatic carbocycles. The zero-order chi connectivity index (χ0) is 17.5. The summed E-state index contributed by atoms with van der Waals surface area (Å²) in [6.45, 7) is 3.91. The number of sulfonamides is 1. The van der Waals surface area contributed by atoms with Gasteiger partial charge in [-0.05, 0) is 38.0 Å². The van der Waals surface area contributed by atoms with Crippen molar-refractivity contribution in [1.29, 1.82) is 0 Å². The van der Waals surface area contributed by atoms with Crippen LogP contribution in [0.3, 0.4) is 0 Å². The third kappa shape index (κ3) is 7.61. The van der Waals surface area contributed by atoms with Crippen LogP contribution in [0.15, 0.2) is 29.2 Å². The Bertz CT molecular complexity index is 641. The van der Waals surface area contributed by atoms with Gasteiger partial charge in [-0.1, -0.05) is 12.1 Å². The van der Waals surface area contributed by atoms with Crippen LogP contribution < -0.4 is 21.1 Å². The van der Waals surface area contributed by atoms with E-state index in [0.717, 1.165) is 5.56 Å². The summed E-state index contributed by atoms with van der Waals surface area (Å²) in [5.74, 6) is -0.301. The molecule has 0 aliphatic heterocycles. The van der Waals surface area contributed by atoms with Crippen molar-refractivity contribution in [3.05, 3.63) is 29.8 Å². The van der Waals surface area contributed by atoms with Gasteiger partial charge in [-0.15, -0.1) is 0 Å². The molecule has 0 spiro atoms. The Kier molecular flexibility index (Phi) is 6.98. The summed E-state index contributed by atoms with van der Waals surface area (Å²) in [7, 11) is -3.69. The minimum absolute atomic E-state index is 0.00151. The first-order chi connectivity index (χ1) is 10.7. The van der Waals surface area contributed by atoms with Crippen LogP contribution in [-0.4, -0.2) is 39.5 Å². The van der Waals surface area contributed by atoms with Gasteiger partial charge >= 0.3 is 6.03 Å². The van der Waals surface area contributed by atoms with E-state index in [1.807, 2.05) is 13.8 Å². The maximum absolute atomic E-state index is 11.6. The SMILES string of the molecule is CC(C)NC(=O)NCC(=O)NCCc1ccc(S(N)(=O)=O)cc1. The van der Waals surface area contributed by atoms with E-state index in [9.17, 15) is 18.0 Å². The number of carbonyl (C=O) groups is 2. The Hall–Kier alpha value is -2.13. The van der Waals surface area contributed by atoms with E-state index in [2.05, 4.69) is 16.0 Å². The Morgan fingerprint density at radius 1 is 1.13 bits per heavy atom. The number of hydrogen-bond acceptors (Lipinski definition) is 4. The summed E-state index contributed by atoms with van der Waals surface area (Å²) in [6.07, 6.45) is 0.537. The molecule has 0 bridgehead atoms. The molecule has 0 heterocycles. The molecule has 0 aliphatic rings. The predicted octanol–water partition coefficient (Wildman–Crippen LogP) is -0.300. The van der Waals surface area contributed by atoms with Crippen molar-refractivity contribution in [2.24, 2.45) is 5.14 Å². The molecule has 8 nitrogen and oxygen atoms in total. The average molecular weight is 342 g/mol. The molecule has 23 heavy (non-hydrogen) atoms. The lowest BCUT2D eigenvalue weighted by Crippen LogP contribution is -2.44. The van der Waals surface area contributed by atoms with Crippen molar-refractivity contribution in [2.45, 2.75) is 31.2 Å². The highest BCUT2D eigenvalue weighted by molar-refractivity contribution is 7.89. The number of rotatable bonds is 7. The molecule has 0 aliphatic carbocycles. The van der Waals surface area contributed by atoms with E-state index < -0.39 is 16.1 Å². The van der Waals surface area contributed by atoms with E-state index in [1.54, 1.807) is 12.1 Å². The minimum atomic E-state index is -3.69. The zero-order valence-corrected chi connectivity index (χ0v) is 13.9. The average Bonchev–Trinajstić information content (AvgIpc) is 2.44. The number of primary sulfonamides is 1. The Morgan fingerprint density at radius 3 is 2.26 bits per heavy atom. The van der Waals surface area contributed by atoms with Gasteiger partial charge in [0, 0.05) is 12.6 Å². The van der Waals surface area contributed by atoms with Crippen LogP contribution in [0, 0.1) is 0 Å². The number of carbonyl (C=O) groups excluding carboxylic acids is 2. The van der Waals surface area contributed by atoms with Gasteiger partial charge in [-0.3, -0.25) is 4.79 Å². The summed E-state index contributed by atoms with van der Waals surface area (Å²) in [5, 5.41) is 12.7. The van der Waals surface area contributed by atoms with Crippen LogP contribution in [0.1, 0.15) is 19.4 Å². The highest BCUT2D eigenvalue weighted by Crippen LogP contribution is 2.08. The number of nitrogens with one attached hydrogen (secondary N) is 3. The molecule has 3 amide bonds. The molecule has 9 heteroatoms. The van der Waals surface area contributed by atoms with Crippen molar-refractivity contribution in [1.82, 2.24) is 16.0 Å². The van der Waals surface area contributed by atoms with Gasteiger partial charge in [-0.25, -0.2) is 18.4 Å². The van der Waals surface area contributed by atoms with Crippen molar-refractivity contribution < 1.29 is 18.0 Å². The monoisotopic (exact) mass is 342 g/mol. The van der Waals surface area contributed by atoms with Gasteiger partial charge in [0.05, 0.1) is 11.4 Å². The van der Waals surface area contributed by atoms with Gasteiger partial charge in [0.2, 0.25) is 15.9 Å². The molecule has 0 saturated carbocycles. The summed E-state index contributed by atoms with van der Waals surface area (Å²) in [6, 6.07) is 5.72. The third-order valence-corrected chi connectivity index (χ3v) is 3.75. The fraction of sp³-hybridized carbons (Fsp3) is 0.429. The third-order valence-electron chi connectivity index (χ3n) is 2.82. The molecule has 1 aromatic rings. The number of benzene rings is 1. The quantitative estimate of drug-likeness (QED) is 0.542. The summed E-state index contributed by atoms with van der Waals surface area (Å²) < 4.78 is 22.2. The van der Waals surface area contributed by atoms with Crippen LogP contribution in [0.5, 0.6) is 0 Å². The van der Waals surface area contributed by atoms with Gasteiger partial charge in [0.15, 0.2) is 0 Å². The number of hydrogen-bond donors (Lipinski definition) is 4. The van der Waals surface area contributed by atoms with Crippen molar-refractivity contribution in [3.63, 3.8) is 0 Å². The van der Waals surface area contributed by atoms with E-state index in [-0.39, 0.29) is 23.4 Å². The second-order valence-corrected chi connectivity index (χ2v) is 6.83. The number of urea groups is 1. The molecule has 0 aromatic heterocycles. The van der Waals surface area contributed by atoms with Gasteiger partial charge < -0.3 is 16.0 Å². The highest BCUT2D eigenvalue weighted by Gasteiger charge is 2.08. The normalized spacial score (nSPS) is 11.1. The summed E-state index contributed by atoms with van der Waals surface area (Å²) >= 11 is 0. The first-order valence-electron chi connectivity index (χ1n) is 7.11. The van der Waals surface area contributed by atoms with Gasteiger partial charge in [0.25, 0.3) is 0 Å². The summed E-state index contributed by atoms with van der Waals surface area (Å²) in [5.41, 5.74) is 0.864. The smallest absolute Gasteiger partial charge is 0.315 e. The van der Waals surface area contributed by atoms with Gasteiger partial charge in [0.1, 0.15) is 0 Å². The van der Waals surface area contributed by atoms with Crippen LogP contribution in [0.25, 0.3) is 0 Å². The first-order valence-corrected chi connectivity index (χ1v) is 8.66. The predicted molar refractivity (Wildman–Crippen MR) is 86.2 cm³/mol. The van der Waals surface area contributed by atoms with Crippen LogP contribution >= 0.6 is 0 Å². The van der Waals surface area contributed by atoms with Gasteiger partial charge in [-0.2, -0.15) is 0 Å². The van der Waals surface area contributed by atoms with Crippen LogP contribution in [0.2, 0.25) is 0 Å². The molecule has 0 saturated heterocycles. The van der Waals surface area contributed by atoms with E-state index >= 15 is 0 Å². The Morgan fingerprint density at radius 2 is 1.74 bits per heavy atom. The highest BCUT2D eigenvalue weighted by atomic mass is 32.2. The minimum Gasteiger partial charge on any atom is -0.354 e. The van der Waals surface area contributed by atoms with Crippen LogP contribution in [-0.2, 0) is 21.2 Å². The maximum Gasteiger partial charge on any atom is 0.315 e. The Labute approximate surface area is 135 Å². The van der Waals surface area contributed by atoms with Crippen LogP contribution in [0.4, 0.5) is 4.79 Å². The number of amides is 3. The fourth-order valence-corrected chi connectivity index (χ4v) is 2.24. The molecule has 0 unspecified atom stereocenters. The first kappa shape index (κ1) is 18.9. The van der Waals surface area contributed by atoms with E-state index in [0.29, 0.717) is 13.0 Å². The molecule has 5 N–H and O–H groups in total. The lowest BCUT2D eigenvalue weighted by molar-refractivity contribution is -0.120. The fourth-order valence-electron chi connectivity index (χ4n) is 1.73. The van der Waals surface area contributed by atoms with Crippen molar-refractivity contribution in [3.8, 4) is 0 Å². The standard InChI is InChI=1S/C14H22N4O4S/c1-10(2)18-14(20)17-9-13(19)16-8-7-11-3-5-12(6-4-11)23(15,21)22/h3-6,10H,7-9H2,1-2H3,(H,16,19)(H2,15,21,22)(H2,17,18,20). The van der Waals surface area contributed by atoms with E-state index in [4.69, 9.17) is 5.14 Å². The zero-order valence-electron chi connectivity index (χ0n) is 13.1. The molecule has 0 atom stereocenters. The largest absolute Gasteiger partial charge is 0.354 e. The molecule has 128 valence electrons. The maximum atomic E-state index is 11.6. The lowest BCUT2D eigenvalue weighted by Gasteiger charge is -2.10. The lowest BCUT2D eigenvalue weighted by atomic mass is 10.1. The Balaban J connectivity index is 2.31. The molecular formula is C14H22N4O4S. The van der Waals surface area contributed by atoms with Crippen molar-refractivity contribution in [2.75, 3.05) is 13.1 Å². The van der Waals surface area contributed by atoms with Crippen molar-refractivity contribution >= 4 is 22.0 Å². The molecule has 0 radical (unpaired) electrons. The second kappa shape index (κ2) is 8.49. The molecule has 1 rings (SSSR count). The molecular weight excluding hydrogens is 320 g/mol.